The summed E-state index contributed by atoms with van der Waals surface area (Å²) in [5.74, 6) is 0.716. The van der Waals surface area contributed by atoms with E-state index >= 15 is 0 Å². The molecule has 15 heavy (non-hydrogen) atoms. The predicted molar refractivity (Wildman–Crippen MR) is 61.4 cm³/mol. The summed E-state index contributed by atoms with van der Waals surface area (Å²) in [5, 5.41) is 15.0. The second-order valence-corrected chi connectivity index (χ2v) is 5.55. The van der Waals surface area contributed by atoms with Crippen LogP contribution in [0.25, 0.3) is 0 Å². The first kappa shape index (κ1) is 10.7. The molecule has 2 aromatic heterocycles. The zero-order valence-electron chi connectivity index (χ0n) is 8.14. The Bertz CT molecular complexity index is 397. The van der Waals surface area contributed by atoms with Crippen LogP contribution < -0.4 is 5.32 Å². The van der Waals surface area contributed by atoms with Crippen molar-refractivity contribution in [1.29, 1.82) is 0 Å². The molecule has 80 valence electrons. The third-order valence-corrected chi connectivity index (χ3v) is 3.38. The fraction of sp³-hybridized carbons (Fsp3) is 0.375. The van der Waals surface area contributed by atoms with Gasteiger partial charge >= 0.3 is 0 Å². The molecular formula is C8H10BrN5S. The van der Waals surface area contributed by atoms with Crippen molar-refractivity contribution < 1.29 is 0 Å². The van der Waals surface area contributed by atoms with Gasteiger partial charge in [0.25, 0.3) is 0 Å². The summed E-state index contributed by atoms with van der Waals surface area (Å²) >= 11 is 5.15. The van der Waals surface area contributed by atoms with Crippen molar-refractivity contribution in [2.45, 2.75) is 13.1 Å². The highest BCUT2D eigenvalue weighted by molar-refractivity contribution is 9.11. The molecule has 2 rings (SSSR count). The molecule has 7 heteroatoms. The molecule has 0 saturated carbocycles. The number of aromatic nitrogens is 4. The fourth-order valence-electron chi connectivity index (χ4n) is 1.14. The number of thiophene rings is 1. The highest BCUT2D eigenvalue weighted by atomic mass is 79.9. The van der Waals surface area contributed by atoms with Crippen molar-refractivity contribution in [3.05, 3.63) is 26.6 Å². The zero-order valence-corrected chi connectivity index (χ0v) is 10.5. The fourth-order valence-corrected chi connectivity index (χ4v) is 2.59. The Morgan fingerprint density at radius 2 is 2.33 bits per heavy atom. The van der Waals surface area contributed by atoms with Crippen molar-refractivity contribution >= 4 is 27.3 Å². The molecule has 0 atom stereocenters. The number of rotatable bonds is 4. The molecular weight excluding hydrogens is 278 g/mol. The standard InChI is InChI=1S/C8H10BrN5S/c1-14-12-8(11-13-14)5-10-4-6-2-3-7(9)15-6/h2-3,10H,4-5H2,1H3. The first-order chi connectivity index (χ1) is 7.24. The van der Waals surface area contributed by atoms with Crippen LogP contribution in [0, 0.1) is 0 Å². The van der Waals surface area contributed by atoms with Gasteiger partial charge in [0.2, 0.25) is 0 Å². The van der Waals surface area contributed by atoms with E-state index in [0.717, 1.165) is 10.3 Å². The van der Waals surface area contributed by atoms with Crippen LogP contribution >= 0.6 is 27.3 Å². The molecule has 2 aromatic rings. The minimum absolute atomic E-state index is 0.642. The molecule has 0 aromatic carbocycles. The van der Waals surface area contributed by atoms with E-state index in [1.165, 1.54) is 9.67 Å². The van der Waals surface area contributed by atoms with Crippen molar-refractivity contribution in [3.8, 4) is 0 Å². The maximum atomic E-state index is 4.07. The third kappa shape index (κ3) is 3.08. The Morgan fingerprint density at radius 3 is 2.93 bits per heavy atom. The van der Waals surface area contributed by atoms with Gasteiger partial charge in [-0.15, -0.1) is 21.5 Å². The lowest BCUT2D eigenvalue weighted by atomic mass is 10.4. The van der Waals surface area contributed by atoms with E-state index in [1.54, 1.807) is 18.4 Å². The van der Waals surface area contributed by atoms with Gasteiger partial charge in [-0.05, 0) is 33.3 Å². The lowest BCUT2D eigenvalue weighted by Gasteiger charge is -1.97. The van der Waals surface area contributed by atoms with Gasteiger partial charge in [0, 0.05) is 11.4 Å². The molecule has 0 saturated heterocycles. The topological polar surface area (TPSA) is 55.6 Å². The number of halogens is 1. The summed E-state index contributed by atoms with van der Waals surface area (Å²) in [5.41, 5.74) is 0. The number of hydrogen-bond donors (Lipinski definition) is 1. The molecule has 0 bridgehead atoms. The van der Waals surface area contributed by atoms with Crippen molar-refractivity contribution in [2.24, 2.45) is 7.05 Å². The lowest BCUT2D eigenvalue weighted by Crippen LogP contribution is -2.13. The second-order valence-electron chi connectivity index (χ2n) is 3.00. The van der Waals surface area contributed by atoms with Crippen LogP contribution in [0.3, 0.4) is 0 Å². The normalized spacial score (nSPS) is 10.8. The van der Waals surface area contributed by atoms with Gasteiger partial charge in [-0.3, -0.25) is 0 Å². The smallest absolute Gasteiger partial charge is 0.188 e. The molecule has 0 aliphatic carbocycles. The highest BCUT2D eigenvalue weighted by Crippen LogP contribution is 2.21. The Labute approximate surface area is 99.6 Å². The molecule has 0 radical (unpaired) electrons. The zero-order chi connectivity index (χ0) is 10.7. The molecule has 1 N–H and O–H groups in total. The third-order valence-electron chi connectivity index (χ3n) is 1.76. The maximum Gasteiger partial charge on any atom is 0.188 e. The summed E-state index contributed by atoms with van der Waals surface area (Å²) in [4.78, 5) is 2.74. The van der Waals surface area contributed by atoms with Gasteiger partial charge in [-0.25, -0.2) is 0 Å². The van der Waals surface area contributed by atoms with Gasteiger partial charge < -0.3 is 5.32 Å². The molecule has 0 spiro atoms. The number of nitrogens with zero attached hydrogens (tertiary/aromatic N) is 4. The Hall–Kier alpha value is -0.790. The van der Waals surface area contributed by atoms with Crippen LogP contribution in [-0.2, 0) is 20.1 Å². The van der Waals surface area contributed by atoms with Crippen LogP contribution in [0.1, 0.15) is 10.7 Å². The van der Waals surface area contributed by atoms with E-state index in [-0.39, 0.29) is 0 Å². The van der Waals surface area contributed by atoms with E-state index in [4.69, 9.17) is 0 Å². The largest absolute Gasteiger partial charge is 0.305 e. The summed E-state index contributed by atoms with van der Waals surface area (Å²) in [6, 6.07) is 4.13. The number of aryl methyl sites for hydroxylation is 1. The first-order valence-corrected chi connectivity index (χ1v) is 6.03. The Balaban J connectivity index is 1.80. The summed E-state index contributed by atoms with van der Waals surface area (Å²) in [6.07, 6.45) is 0. The first-order valence-electron chi connectivity index (χ1n) is 4.42. The Morgan fingerprint density at radius 1 is 1.47 bits per heavy atom. The van der Waals surface area contributed by atoms with Gasteiger partial charge in [-0.2, -0.15) is 4.80 Å². The average molecular weight is 288 g/mol. The number of tetrazole rings is 1. The second kappa shape index (κ2) is 4.82. The summed E-state index contributed by atoms with van der Waals surface area (Å²) < 4.78 is 1.15. The van der Waals surface area contributed by atoms with Crippen LogP contribution in [0.2, 0.25) is 0 Å². The summed E-state index contributed by atoms with van der Waals surface area (Å²) in [7, 11) is 1.76. The number of hydrogen-bond acceptors (Lipinski definition) is 5. The molecule has 2 heterocycles. The molecule has 0 aliphatic rings. The minimum Gasteiger partial charge on any atom is -0.305 e. The SMILES string of the molecule is Cn1nnc(CNCc2ccc(Br)s2)n1. The van der Waals surface area contributed by atoms with Crippen LogP contribution in [-0.4, -0.2) is 20.2 Å². The quantitative estimate of drug-likeness (QED) is 0.922. The molecule has 0 aliphatic heterocycles. The highest BCUT2D eigenvalue weighted by Gasteiger charge is 2.00. The van der Waals surface area contributed by atoms with Gasteiger partial charge in [-0.1, -0.05) is 0 Å². The number of nitrogens with one attached hydrogen (secondary N) is 1. The van der Waals surface area contributed by atoms with Crippen molar-refractivity contribution in [1.82, 2.24) is 25.5 Å². The Kier molecular flexibility index (Phi) is 3.45. The molecule has 0 fully saturated rings. The van der Waals surface area contributed by atoms with Crippen LogP contribution in [0.4, 0.5) is 0 Å². The summed E-state index contributed by atoms with van der Waals surface area (Å²) in [6.45, 7) is 1.47. The van der Waals surface area contributed by atoms with E-state index in [9.17, 15) is 0 Å². The van der Waals surface area contributed by atoms with E-state index < -0.39 is 0 Å². The van der Waals surface area contributed by atoms with Gasteiger partial charge in [0.15, 0.2) is 5.82 Å². The molecule has 5 nitrogen and oxygen atoms in total. The van der Waals surface area contributed by atoms with Crippen LogP contribution in [0.15, 0.2) is 15.9 Å². The molecule has 0 unspecified atom stereocenters. The van der Waals surface area contributed by atoms with Gasteiger partial charge in [0.1, 0.15) is 0 Å². The van der Waals surface area contributed by atoms with E-state index in [1.807, 2.05) is 6.07 Å². The van der Waals surface area contributed by atoms with Crippen molar-refractivity contribution in [3.63, 3.8) is 0 Å². The monoisotopic (exact) mass is 287 g/mol. The van der Waals surface area contributed by atoms with Crippen LogP contribution in [0.5, 0.6) is 0 Å². The maximum absolute atomic E-state index is 4.07. The predicted octanol–water partition coefficient (Wildman–Crippen LogP) is 1.32. The molecule has 0 amide bonds. The average Bonchev–Trinajstić information content (AvgIpc) is 2.76. The van der Waals surface area contributed by atoms with E-state index in [0.29, 0.717) is 12.4 Å². The van der Waals surface area contributed by atoms with E-state index in [2.05, 4.69) is 42.7 Å². The van der Waals surface area contributed by atoms with Crippen molar-refractivity contribution in [2.75, 3.05) is 0 Å². The van der Waals surface area contributed by atoms with Gasteiger partial charge in [0.05, 0.1) is 17.4 Å². The minimum atomic E-state index is 0.642. The lowest BCUT2D eigenvalue weighted by molar-refractivity contribution is 0.620.